The van der Waals surface area contributed by atoms with Gasteiger partial charge in [-0.1, -0.05) is 24.2 Å². The quantitative estimate of drug-likeness (QED) is 0.881. The van der Waals surface area contributed by atoms with E-state index in [2.05, 4.69) is 20.8 Å². The highest BCUT2D eigenvalue weighted by Gasteiger charge is 2.35. The summed E-state index contributed by atoms with van der Waals surface area (Å²) in [5, 5.41) is 13.3. The van der Waals surface area contributed by atoms with Gasteiger partial charge in [-0.25, -0.2) is 4.79 Å². The minimum Gasteiger partial charge on any atom is -0.339 e. The van der Waals surface area contributed by atoms with Gasteiger partial charge in [-0.2, -0.15) is 0 Å². The second-order valence-corrected chi connectivity index (χ2v) is 6.47. The van der Waals surface area contributed by atoms with Gasteiger partial charge in [-0.3, -0.25) is 10.1 Å². The summed E-state index contributed by atoms with van der Waals surface area (Å²) >= 11 is 1.27. The summed E-state index contributed by atoms with van der Waals surface area (Å²) in [7, 11) is 0. The summed E-state index contributed by atoms with van der Waals surface area (Å²) in [6.45, 7) is 1.28. The van der Waals surface area contributed by atoms with Crippen molar-refractivity contribution in [3.8, 4) is 0 Å². The fraction of sp³-hybridized carbons (Fsp3) is 0.692. The number of aromatic nitrogens is 2. The normalized spacial score (nSPS) is 22.8. The molecule has 7 nitrogen and oxygen atoms in total. The van der Waals surface area contributed by atoms with Crippen molar-refractivity contribution in [2.45, 2.75) is 38.1 Å². The molecule has 1 aliphatic heterocycles. The first-order chi connectivity index (χ1) is 10.2. The second-order valence-electron chi connectivity index (χ2n) is 5.63. The number of carbonyl (C=O) groups is 2. The molecule has 2 fully saturated rings. The average Bonchev–Trinajstić information content (AvgIpc) is 3.17. The maximum Gasteiger partial charge on any atom is 0.321 e. The molecule has 2 heterocycles. The Bertz CT molecular complexity index is 501. The SMILES string of the molecule is O=C(NC[C@H]1CC(=O)N(C2CCCC2)C1)Nc1nncs1. The third-order valence-corrected chi connectivity index (χ3v) is 4.74. The molecule has 0 radical (unpaired) electrons. The van der Waals surface area contributed by atoms with Gasteiger partial charge < -0.3 is 10.2 Å². The van der Waals surface area contributed by atoms with Crippen molar-refractivity contribution < 1.29 is 9.59 Å². The fourth-order valence-corrected chi connectivity index (χ4v) is 3.56. The van der Waals surface area contributed by atoms with Crippen LogP contribution in [-0.4, -0.2) is 46.2 Å². The molecule has 2 aliphatic rings. The first-order valence-electron chi connectivity index (χ1n) is 7.33. The van der Waals surface area contributed by atoms with E-state index in [0.29, 0.717) is 24.1 Å². The Hall–Kier alpha value is -1.70. The zero-order valence-electron chi connectivity index (χ0n) is 11.7. The summed E-state index contributed by atoms with van der Waals surface area (Å²) < 4.78 is 0. The molecule has 1 aromatic rings. The number of urea groups is 1. The van der Waals surface area contributed by atoms with Gasteiger partial charge in [0.25, 0.3) is 0 Å². The molecule has 3 amide bonds. The Kier molecular flexibility index (Phi) is 4.33. The zero-order chi connectivity index (χ0) is 14.7. The molecule has 0 aromatic carbocycles. The van der Waals surface area contributed by atoms with Crippen LogP contribution in [0, 0.1) is 5.92 Å². The van der Waals surface area contributed by atoms with Crippen LogP contribution in [-0.2, 0) is 4.79 Å². The molecule has 1 aromatic heterocycles. The third-order valence-electron chi connectivity index (χ3n) is 4.14. The van der Waals surface area contributed by atoms with E-state index in [1.54, 1.807) is 5.51 Å². The van der Waals surface area contributed by atoms with E-state index < -0.39 is 0 Å². The Labute approximate surface area is 127 Å². The molecule has 0 unspecified atom stereocenters. The van der Waals surface area contributed by atoms with Crippen LogP contribution in [0.25, 0.3) is 0 Å². The van der Waals surface area contributed by atoms with Crippen molar-refractivity contribution in [2.75, 3.05) is 18.4 Å². The predicted molar refractivity (Wildman–Crippen MR) is 79.0 cm³/mol. The standard InChI is InChI=1S/C13H19N5O2S/c19-11-5-9(7-18(11)10-3-1-2-4-10)6-14-12(20)16-13-17-15-8-21-13/h8-10H,1-7H2,(H2,14,16,17,20)/t9-/m1/s1. The number of likely N-dealkylation sites (tertiary alicyclic amines) is 1. The number of nitrogens with one attached hydrogen (secondary N) is 2. The maximum atomic E-state index is 12.1. The predicted octanol–water partition coefficient (Wildman–Crippen LogP) is 1.45. The van der Waals surface area contributed by atoms with E-state index in [-0.39, 0.29) is 17.9 Å². The van der Waals surface area contributed by atoms with Crippen molar-refractivity contribution in [3.63, 3.8) is 0 Å². The molecule has 1 saturated heterocycles. The molecule has 3 rings (SSSR count). The molecule has 21 heavy (non-hydrogen) atoms. The summed E-state index contributed by atoms with van der Waals surface area (Å²) in [5.74, 6) is 0.441. The molecule has 1 aliphatic carbocycles. The zero-order valence-corrected chi connectivity index (χ0v) is 12.6. The van der Waals surface area contributed by atoms with Gasteiger partial charge >= 0.3 is 6.03 Å². The number of carbonyl (C=O) groups excluding carboxylic acids is 2. The van der Waals surface area contributed by atoms with Gasteiger partial charge in [-0.15, -0.1) is 10.2 Å². The van der Waals surface area contributed by atoms with Crippen LogP contribution in [0.1, 0.15) is 32.1 Å². The van der Waals surface area contributed by atoms with Gasteiger partial charge in [0, 0.05) is 31.5 Å². The number of anilines is 1. The smallest absolute Gasteiger partial charge is 0.321 e. The summed E-state index contributed by atoms with van der Waals surface area (Å²) in [4.78, 5) is 25.8. The average molecular weight is 309 g/mol. The van der Waals surface area contributed by atoms with Crippen molar-refractivity contribution in [2.24, 2.45) is 5.92 Å². The van der Waals surface area contributed by atoms with Crippen molar-refractivity contribution >= 4 is 28.4 Å². The molecular weight excluding hydrogens is 290 g/mol. The molecule has 2 N–H and O–H groups in total. The third kappa shape index (κ3) is 3.49. The lowest BCUT2D eigenvalue weighted by Gasteiger charge is -2.24. The van der Waals surface area contributed by atoms with Crippen LogP contribution in [0.4, 0.5) is 9.93 Å². The number of hydrogen-bond acceptors (Lipinski definition) is 5. The molecule has 8 heteroatoms. The molecular formula is C13H19N5O2S. The van der Waals surface area contributed by atoms with E-state index in [1.807, 2.05) is 4.90 Å². The van der Waals surface area contributed by atoms with Gasteiger partial charge in [0.1, 0.15) is 5.51 Å². The van der Waals surface area contributed by atoms with Crippen molar-refractivity contribution in [1.82, 2.24) is 20.4 Å². The minimum atomic E-state index is -0.293. The van der Waals surface area contributed by atoms with E-state index in [0.717, 1.165) is 19.4 Å². The monoisotopic (exact) mass is 309 g/mol. The number of amides is 3. The molecule has 0 spiro atoms. The highest BCUT2D eigenvalue weighted by Crippen LogP contribution is 2.29. The Morgan fingerprint density at radius 1 is 1.43 bits per heavy atom. The van der Waals surface area contributed by atoms with Gasteiger partial charge in [0.15, 0.2) is 0 Å². The second kappa shape index (κ2) is 6.38. The fourth-order valence-electron chi connectivity index (χ4n) is 3.12. The topological polar surface area (TPSA) is 87.2 Å². The van der Waals surface area contributed by atoms with Crippen LogP contribution in [0.3, 0.4) is 0 Å². The first-order valence-corrected chi connectivity index (χ1v) is 8.21. The molecule has 1 saturated carbocycles. The van der Waals surface area contributed by atoms with Crippen LogP contribution in [0.15, 0.2) is 5.51 Å². The van der Waals surface area contributed by atoms with E-state index in [4.69, 9.17) is 0 Å². The number of hydrogen-bond donors (Lipinski definition) is 2. The van der Waals surface area contributed by atoms with E-state index >= 15 is 0 Å². The number of nitrogens with zero attached hydrogens (tertiary/aromatic N) is 3. The lowest BCUT2D eigenvalue weighted by molar-refractivity contribution is -0.129. The molecule has 1 atom stereocenters. The Balaban J connectivity index is 1.43. The van der Waals surface area contributed by atoms with Crippen LogP contribution in [0.5, 0.6) is 0 Å². The van der Waals surface area contributed by atoms with Crippen molar-refractivity contribution in [3.05, 3.63) is 5.51 Å². The summed E-state index contributed by atoms with van der Waals surface area (Å²) in [6.07, 6.45) is 5.24. The highest BCUT2D eigenvalue weighted by atomic mass is 32.1. The van der Waals surface area contributed by atoms with E-state index in [9.17, 15) is 9.59 Å². The van der Waals surface area contributed by atoms with Crippen LogP contribution in [0.2, 0.25) is 0 Å². The molecule has 0 bridgehead atoms. The maximum absolute atomic E-state index is 12.1. The van der Waals surface area contributed by atoms with Gasteiger partial charge in [0.2, 0.25) is 11.0 Å². The lowest BCUT2D eigenvalue weighted by atomic mass is 10.1. The highest BCUT2D eigenvalue weighted by molar-refractivity contribution is 7.13. The van der Waals surface area contributed by atoms with Crippen LogP contribution < -0.4 is 10.6 Å². The van der Waals surface area contributed by atoms with Crippen LogP contribution >= 0.6 is 11.3 Å². The summed E-state index contributed by atoms with van der Waals surface area (Å²) in [5.41, 5.74) is 1.56. The Morgan fingerprint density at radius 2 is 2.24 bits per heavy atom. The van der Waals surface area contributed by atoms with Gasteiger partial charge in [-0.05, 0) is 12.8 Å². The molecule has 114 valence electrons. The van der Waals surface area contributed by atoms with Crippen molar-refractivity contribution in [1.29, 1.82) is 0 Å². The summed E-state index contributed by atoms with van der Waals surface area (Å²) in [6, 6.07) is 0.135. The van der Waals surface area contributed by atoms with Gasteiger partial charge in [0.05, 0.1) is 0 Å². The first kappa shape index (κ1) is 14.2. The van der Waals surface area contributed by atoms with E-state index in [1.165, 1.54) is 24.2 Å². The Morgan fingerprint density at radius 3 is 2.95 bits per heavy atom. The minimum absolute atomic E-state index is 0.207. The largest absolute Gasteiger partial charge is 0.339 e. The lowest BCUT2D eigenvalue weighted by Crippen LogP contribution is -2.36. The number of rotatable bonds is 4.